The van der Waals surface area contributed by atoms with Crippen molar-refractivity contribution in [2.75, 3.05) is 18.5 Å². The highest BCUT2D eigenvalue weighted by molar-refractivity contribution is 5.27. The molecule has 0 aliphatic carbocycles. The van der Waals surface area contributed by atoms with Gasteiger partial charge in [-0.05, 0) is 6.92 Å². The summed E-state index contributed by atoms with van der Waals surface area (Å²) in [4.78, 5) is 8.28. The molecule has 2 aromatic heterocycles. The van der Waals surface area contributed by atoms with Crippen molar-refractivity contribution in [1.29, 1.82) is 0 Å². The van der Waals surface area contributed by atoms with Crippen molar-refractivity contribution in [2.45, 2.75) is 13.5 Å². The number of rotatable bonds is 6. The molecule has 0 spiro atoms. The zero-order valence-corrected chi connectivity index (χ0v) is 9.58. The van der Waals surface area contributed by atoms with Crippen molar-refractivity contribution < 1.29 is 4.74 Å². The van der Waals surface area contributed by atoms with Gasteiger partial charge in [-0.3, -0.25) is 4.68 Å². The maximum atomic E-state index is 5.28. The first-order valence-electron chi connectivity index (χ1n) is 5.42. The quantitative estimate of drug-likeness (QED) is 0.787. The second-order valence-electron chi connectivity index (χ2n) is 3.24. The van der Waals surface area contributed by atoms with Crippen molar-refractivity contribution in [3.8, 4) is 5.88 Å². The molecule has 0 atom stereocenters. The Balaban J connectivity index is 1.84. The average Bonchev–Trinajstić information content (AvgIpc) is 2.83. The third kappa shape index (κ3) is 3.40. The summed E-state index contributed by atoms with van der Waals surface area (Å²) in [5, 5.41) is 10.7. The molecular weight excluding hydrogens is 220 g/mol. The summed E-state index contributed by atoms with van der Waals surface area (Å²) >= 11 is 0. The molecule has 0 aliphatic heterocycles. The molecule has 1 N–H and O–H groups in total. The van der Waals surface area contributed by atoms with Gasteiger partial charge in [-0.25, -0.2) is 4.98 Å². The van der Waals surface area contributed by atoms with Gasteiger partial charge in [0.15, 0.2) is 0 Å². The minimum absolute atomic E-state index is 0.552. The van der Waals surface area contributed by atoms with Gasteiger partial charge in [0.2, 0.25) is 11.8 Å². The van der Waals surface area contributed by atoms with Crippen LogP contribution in [0.4, 0.5) is 5.95 Å². The second kappa shape index (κ2) is 5.78. The normalized spacial score (nSPS) is 10.2. The Morgan fingerprint density at radius 3 is 3.12 bits per heavy atom. The summed E-state index contributed by atoms with van der Waals surface area (Å²) in [6, 6.07) is 1.73. The van der Waals surface area contributed by atoms with Crippen LogP contribution in [0.2, 0.25) is 0 Å². The number of hydrogen-bond donors (Lipinski definition) is 1. The largest absolute Gasteiger partial charge is 0.478 e. The Morgan fingerprint density at radius 1 is 1.41 bits per heavy atom. The fourth-order valence-electron chi connectivity index (χ4n) is 1.29. The number of nitrogens with zero attached hydrogens (tertiary/aromatic N) is 5. The van der Waals surface area contributed by atoms with Gasteiger partial charge in [-0.2, -0.15) is 4.98 Å². The lowest BCUT2D eigenvalue weighted by atomic mass is 10.6. The van der Waals surface area contributed by atoms with E-state index in [1.165, 1.54) is 0 Å². The molecule has 2 heterocycles. The van der Waals surface area contributed by atoms with Crippen LogP contribution in [-0.2, 0) is 6.54 Å². The number of anilines is 1. The topological polar surface area (TPSA) is 77.8 Å². The van der Waals surface area contributed by atoms with E-state index in [1.54, 1.807) is 29.3 Å². The van der Waals surface area contributed by atoms with E-state index in [-0.39, 0.29) is 0 Å². The van der Waals surface area contributed by atoms with E-state index in [0.29, 0.717) is 31.5 Å². The Labute approximate surface area is 98.8 Å². The van der Waals surface area contributed by atoms with Crippen LogP contribution >= 0.6 is 0 Å². The monoisotopic (exact) mass is 234 g/mol. The summed E-state index contributed by atoms with van der Waals surface area (Å²) in [7, 11) is 0. The predicted molar refractivity (Wildman–Crippen MR) is 61.7 cm³/mol. The zero-order chi connectivity index (χ0) is 11.9. The average molecular weight is 234 g/mol. The Morgan fingerprint density at radius 2 is 2.35 bits per heavy atom. The van der Waals surface area contributed by atoms with E-state index in [2.05, 4.69) is 25.6 Å². The molecule has 2 aromatic rings. The predicted octanol–water partition coefficient (Wildman–Crippen LogP) is 0.579. The molecule has 7 nitrogen and oxygen atoms in total. The lowest BCUT2D eigenvalue weighted by molar-refractivity contribution is 0.326. The third-order valence-corrected chi connectivity index (χ3v) is 2.02. The third-order valence-electron chi connectivity index (χ3n) is 2.02. The van der Waals surface area contributed by atoms with Crippen LogP contribution in [0.1, 0.15) is 6.92 Å². The smallest absolute Gasteiger partial charge is 0.226 e. The van der Waals surface area contributed by atoms with Gasteiger partial charge >= 0.3 is 0 Å². The number of ether oxygens (including phenoxy) is 1. The zero-order valence-electron chi connectivity index (χ0n) is 9.58. The van der Waals surface area contributed by atoms with E-state index in [0.717, 1.165) is 0 Å². The van der Waals surface area contributed by atoms with Crippen LogP contribution in [-0.4, -0.2) is 38.1 Å². The van der Waals surface area contributed by atoms with Crippen LogP contribution < -0.4 is 10.1 Å². The van der Waals surface area contributed by atoms with E-state index >= 15 is 0 Å². The molecule has 90 valence electrons. The number of nitrogens with one attached hydrogen (secondary N) is 1. The summed E-state index contributed by atoms with van der Waals surface area (Å²) in [6.07, 6.45) is 5.11. The maximum Gasteiger partial charge on any atom is 0.226 e. The Kier molecular flexibility index (Phi) is 3.85. The summed E-state index contributed by atoms with van der Waals surface area (Å²) < 4.78 is 7.02. The molecule has 0 fully saturated rings. The summed E-state index contributed by atoms with van der Waals surface area (Å²) in [5.74, 6) is 1.13. The van der Waals surface area contributed by atoms with Crippen molar-refractivity contribution in [3.63, 3.8) is 0 Å². The van der Waals surface area contributed by atoms with E-state index < -0.39 is 0 Å². The van der Waals surface area contributed by atoms with Gasteiger partial charge in [-0.1, -0.05) is 5.21 Å². The SMILES string of the molecule is CCOc1ccnc(NCCn2ccnn2)n1. The molecule has 0 unspecified atom stereocenters. The molecule has 0 bridgehead atoms. The van der Waals surface area contributed by atoms with E-state index in [1.807, 2.05) is 6.92 Å². The highest BCUT2D eigenvalue weighted by Crippen LogP contribution is 2.07. The molecule has 0 aliphatic rings. The van der Waals surface area contributed by atoms with Crippen molar-refractivity contribution >= 4 is 5.95 Å². The van der Waals surface area contributed by atoms with Gasteiger partial charge in [0, 0.05) is 25.0 Å². The first-order valence-corrected chi connectivity index (χ1v) is 5.42. The van der Waals surface area contributed by atoms with E-state index in [9.17, 15) is 0 Å². The van der Waals surface area contributed by atoms with Crippen molar-refractivity contribution in [2.24, 2.45) is 0 Å². The fraction of sp³-hybridized carbons (Fsp3) is 0.400. The molecule has 0 saturated heterocycles. The Hall–Kier alpha value is -2.18. The van der Waals surface area contributed by atoms with Crippen LogP contribution in [0.3, 0.4) is 0 Å². The number of hydrogen-bond acceptors (Lipinski definition) is 6. The summed E-state index contributed by atoms with van der Waals surface area (Å²) in [5.41, 5.74) is 0. The highest BCUT2D eigenvalue weighted by atomic mass is 16.5. The minimum atomic E-state index is 0.552. The molecule has 17 heavy (non-hydrogen) atoms. The van der Waals surface area contributed by atoms with Crippen molar-refractivity contribution in [1.82, 2.24) is 25.0 Å². The Bertz CT molecular complexity index is 444. The minimum Gasteiger partial charge on any atom is -0.478 e. The number of aromatic nitrogens is 5. The van der Waals surface area contributed by atoms with Gasteiger partial charge in [0.1, 0.15) is 0 Å². The van der Waals surface area contributed by atoms with Crippen molar-refractivity contribution in [3.05, 3.63) is 24.7 Å². The molecule has 2 rings (SSSR count). The molecule has 0 radical (unpaired) electrons. The molecule has 0 amide bonds. The maximum absolute atomic E-state index is 5.28. The van der Waals surface area contributed by atoms with Crippen LogP contribution in [0, 0.1) is 0 Å². The lowest BCUT2D eigenvalue weighted by Crippen LogP contribution is -2.13. The van der Waals surface area contributed by atoms with Gasteiger partial charge in [0.25, 0.3) is 0 Å². The molecule has 7 heteroatoms. The van der Waals surface area contributed by atoms with Crippen LogP contribution in [0.15, 0.2) is 24.7 Å². The lowest BCUT2D eigenvalue weighted by Gasteiger charge is -2.06. The van der Waals surface area contributed by atoms with E-state index in [4.69, 9.17) is 4.74 Å². The second-order valence-corrected chi connectivity index (χ2v) is 3.24. The van der Waals surface area contributed by atoms with Gasteiger partial charge in [-0.15, -0.1) is 5.10 Å². The highest BCUT2D eigenvalue weighted by Gasteiger charge is 1.99. The van der Waals surface area contributed by atoms with Gasteiger partial charge in [0.05, 0.1) is 19.3 Å². The first-order chi connectivity index (χ1) is 8.38. The van der Waals surface area contributed by atoms with Gasteiger partial charge < -0.3 is 10.1 Å². The van der Waals surface area contributed by atoms with Crippen LogP contribution in [0.25, 0.3) is 0 Å². The fourth-order valence-corrected chi connectivity index (χ4v) is 1.29. The van der Waals surface area contributed by atoms with Crippen LogP contribution in [0.5, 0.6) is 5.88 Å². The molecular formula is C10H14N6O. The molecule has 0 saturated carbocycles. The summed E-state index contributed by atoms with van der Waals surface area (Å²) in [6.45, 7) is 3.90. The molecule has 0 aromatic carbocycles. The standard InChI is InChI=1S/C10H14N6O/c1-2-17-9-3-4-11-10(14-9)12-5-7-16-8-6-13-15-16/h3-4,6,8H,2,5,7H2,1H3,(H,11,12,14). The first kappa shape index (κ1) is 11.3.